The van der Waals surface area contributed by atoms with Gasteiger partial charge in [-0.1, -0.05) is 24.3 Å². The fraction of sp³-hybridized carbons (Fsp3) is 0.154. The van der Waals surface area contributed by atoms with Crippen molar-refractivity contribution < 1.29 is 14.6 Å². The molecule has 0 radical (unpaired) electrons. The van der Waals surface area contributed by atoms with Crippen molar-refractivity contribution in [3.63, 3.8) is 0 Å². The molecular formula is C13H10N2O3. The zero-order valence-electron chi connectivity index (χ0n) is 9.67. The minimum Gasteiger partial charge on any atom is -0.505 e. The highest BCUT2D eigenvalue weighted by Crippen LogP contribution is 2.29. The number of hydrogen-bond acceptors (Lipinski definition) is 5. The summed E-state index contributed by atoms with van der Waals surface area (Å²) < 4.78 is 4.79. The van der Waals surface area contributed by atoms with Crippen molar-refractivity contribution >= 4 is 16.7 Å². The Balaban J connectivity index is 2.74. The lowest BCUT2D eigenvalue weighted by molar-refractivity contribution is 0.0516. The average molecular weight is 242 g/mol. The number of carbonyl (C=O) groups excluding carboxylic acids is 1. The number of hydrogen-bond donors (Lipinski definition) is 1. The normalized spacial score (nSPS) is 10.0. The lowest BCUT2D eigenvalue weighted by Crippen LogP contribution is -2.08. The fourth-order valence-corrected chi connectivity index (χ4v) is 1.68. The molecule has 0 spiro atoms. The highest BCUT2D eigenvalue weighted by atomic mass is 16.5. The molecule has 5 heteroatoms. The number of fused-ring (bicyclic) bond motifs is 1. The first kappa shape index (κ1) is 11.9. The maximum absolute atomic E-state index is 11.6. The third-order valence-electron chi connectivity index (χ3n) is 2.46. The van der Waals surface area contributed by atoms with Gasteiger partial charge in [0, 0.05) is 10.8 Å². The van der Waals surface area contributed by atoms with Crippen molar-refractivity contribution in [2.24, 2.45) is 0 Å². The van der Waals surface area contributed by atoms with Gasteiger partial charge < -0.3 is 9.84 Å². The van der Waals surface area contributed by atoms with Crippen molar-refractivity contribution in [3.8, 4) is 11.8 Å². The van der Waals surface area contributed by atoms with Crippen LogP contribution in [0.1, 0.15) is 23.1 Å². The first-order valence-corrected chi connectivity index (χ1v) is 5.38. The van der Waals surface area contributed by atoms with Crippen LogP contribution in [0.2, 0.25) is 0 Å². The number of aromatic hydroxyl groups is 1. The highest BCUT2D eigenvalue weighted by molar-refractivity contribution is 6.00. The molecule has 1 N–H and O–H groups in total. The monoisotopic (exact) mass is 242 g/mol. The van der Waals surface area contributed by atoms with Crippen LogP contribution in [0.4, 0.5) is 0 Å². The van der Waals surface area contributed by atoms with Gasteiger partial charge in [0.05, 0.1) is 6.61 Å². The second-order valence-corrected chi connectivity index (χ2v) is 3.54. The Morgan fingerprint density at radius 1 is 1.44 bits per heavy atom. The molecule has 90 valence electrons. The third kappa shape index (κ3) is 1.84. The van der Waals surface area contributed by atoms with Gasteiger partial charge >= 0.3 is 5.97 Å². The molecule has 0 bridgehead atoms. The number of ether oxygens (including phenoxy) is 1. The van der Waals surface area contributed by atoms with Crippen LogP contribution in [-0.4, -0.2) is 22.7 Å². The van der Waals surface area contributed by atoms with Gasteiger partial charge in [0.15, 0.2) is 11.4 Å². The minimum atomic E-state index is -0.739. The van der Waals surface area contributed by atoms with Gasteiger partial charge in [-0.25, -0.2) is 9.78 Å². The van der Waals surface area contributed by atoms with Gasteiger partial charge in [0.1, 0.15) is 11.8 Å². The summed E-state index contributed by atoms with van der Waals surface area (Å²) in [7, 11) is 0. The molecule has 0 atom stereocenters. The Labute approximate surface area is 103 Å². The number of pyridine rings is 1. The molecule has 0 aliphatic rings. The SMILES string of the molecule is CCOC(=O)c1nc(C#N)c2ccccc2c1O. The molecule has 0 saturated heterocycles. The molecule has 1 aromatic heterocycles. The number of benzene rings is 1. The average Bonchev–Trinajstić information content (AvgIpc) is 2.40. The number of aromatic nitrogens is 1. The van der Waals surface area contributed by atoms with Crippen molar-refractivity contribution in [2.45, 2.75) is 6.92 Å². The van der Waals surface area contributed by atoms with Crippen molar-refractivity contribution in [2.75, 3.05) is 6.61 Å². The molecule has 18 heavy (non-hydrogen) atoms. The first-order chi connectivity index (χ1) is 8.69. The predicted octanol–water partition coefficient (Wildman–Crippen LogP) is 1.99. The van der Waals surface area contributed by atoms with E-state index in [1.165, 1.54) is 0 Å². The van der Waals surface area contributed by atoms with Gasteiger partial charge in [-0.05, 0) is 6.92 Å². The number of carbonyl (C=O) groups is 1. The van der Waals surface area contributed by atoms with E-state index in [4.69, 9.17) is 10.00 Å². The molecule has 2 aromatic rings. The number of nitriles is 1. The van der Waals surface area contributed by atoms with E-state index in [0.29, 0.717) is 10.8 Å². The van der Waals surface area contributed by atoms with Crippen LogP contribution in [-0.2, 0) is 4.74 Å². The molecule has 0 aliphatic heterocycles. The second kappa shape index (κ2) is 4.72. The van der Waals surface area contributed by atoms with Crippen molar-refractivity contribution in [3.05, 3.63) is 35.7 Å². The Hall–Kier alpha value is -2.61. The molecule has 2 rings (SSSR count). The summed E-state index contributed by atoms with van der Waals surface area (Å²) in [6.07, 6.45) is 0. The van der Waals surface area contributed by atoms with E-state index in [1.54, 1.807) is 31.2 Å². The van der Waals surface area contributed by atoms with Crippen LogP contribution < -0.4 is 0 Å². The van der Waals surface area contributed by atoms with Crippen LogP contribution in [0, 0.1) is 11.3 Å². The summed E-state index contributed by atoms with van der Waals surface area (Å²) in [5, 5.41) is 19.9. The summed E-state index contributed by atoms with van der Waals surface area (Å²) in [5.74, 6) is -1.000. The van der Waals surface area contributed by atoms with Gasteiger partial charge in [0.2, 0.25) is 0 Å². The number of rotatable bonds is 2. The molecule has 1 aromatic carbocycles. The fourth-order valence-electron chi connectivity index (χ4n) is 1.68. The number of nitrogens with zero attached hydrogens (tertiary/aromatic N) is 2. The zero-order valence-corrected chi connectivity index (χ0v) is 9.67. The smallest absolute Gasteiger partial charge is 0.360 e. The second-order valence-electron chi connectivity index (χ2n) is 3.54. The van der Waals surface area contributed by atoms with Crippen LogP contribution >= 0.6 is 0 Å². The standard InChI is InChI=1S/C13H10N2O3/c1-2-18-13(17)11-12(16)9-6-4-3-5-8(9)10(7-14)15-11/h3-6,16H,2H2,1H3. The molecule has 0 fully saturated rings. The molecular weight excluding hydrogens is 232 g/mol. The molecule has 1 heterocycles. The van der Waals surface area contributed by atoms with Crippen LogP contribution in [0.3, 0.4) is 0 Å². The van der Waals surface area contributed by atoms with Gasteiger partial charge in [-0.2, -0.15) is 5.26 Å². The summed E-state index contributed by atoms with van der Waals surface area (Å²) in [4.78, 5) is 15.5. The van der Waals surface area contributed by atoms with E-state index in [9.17, 15) is 9.90 Å². The maximum Gasteiger partial charge on any atom is 0.360 e. The number of esters is 1. The predicted molar refractivity (Wildman–Crippen MR) is 64.1 cm³/mol. The summed E-state index contributed by atoms with van der Waals surface area (Å²) >= 11 is 0. The zero-order chi connectivity index (χ0) is 13.1. The van der Waals surface area contributed by atoms with E-state index in [-0.39, 0.29) is 23.7 Å². The van der Waals surface area contributed by atoms with Crippen LogP contribution in [0.5, 0.6) is 5.75 Å². The highest BCUT2D eigenvalue weighted by Gasteiger charge is 2.19. The first-order valence-electron chi connectivity index (χ1n) is 5.38. The lowest BCUT2D eigenvalue weighted by atomic mass is 10.1. The Morgan fingerprint density at radius 3 is 2.72 bits per heavy atom. The van der Waals surface area contributed by atoms with E-state index >= 15 is 0 Å². The van der Waals surface area contributed by atoms with E-state index in [1.807, 2.05) is 6.07 Å². The molecule has 5 nitrogen and oxygen atoms in total. The Morgan fingerprint density at radius 2 is 2.11 bits per heavy atom. The van der Waals surface area contributed by atoms with Gasteiger partial charge in [-0.15, -0.1) is 0 Å². The van der Waals surface area contributed by atoms with E-state index < -0.39 is 5.97 Å². The van der Waals surface area contributed by atoms with Crippen molar-refractivity contribution in [1.29, 1.82) is 5.26 Å². The molecule has 0 aliphatic carbocycles. The summed E-state index contributed by atoms with van der Waals surface area (Å²) in [6.45, 7) is 1.83. The van der Waals surface area contributed by atoms with E-state index in [2.05, 4.69) is 4.98 Å². The summed E-state index contributed by atoms with van der Waals surface area (Å²) in [5.41, 5.74) is -0.140. The summed E-state index contributed by atoms with van der Waals surface area (Å²) in [6, 6.07) is 8.62. The maximum atomic E-state index is 11.6. The van der Waals surface area contributed by atoms with Gasteiger partial charge in [0.25, 0.3) is 0 Å². The Bertz CT molecular complexity index is 659. The minimum absolute atomic E-state index is 0.0893. The topological polar surface area (TPSA) is 83.2 Å². The van der Waals surface area contributed by atoms with E-state index in [0.717, 1.165) is 0 Å². The quantitative estimate of drug-likeness (QED) is 0.814. The molecule has 0 unspecified atom stereocenters. The van der Waals surface area contributed by atoms with Crippen molar-refractivity contribution in [1.82, 2.24) is 4.98 Å². The largest absolute Gasteiger partial charge is 0.505 e. The van der Waals surface area contributed by atoms with Crippen LogP contribution in [0.15, 0.2) is 24.3 Å². The van der Waals surface area contributed by atoms with Gasteiger partial charge in [-0.3, -0.25) is 0 Å². The Kier molecular flexibility index (Phi) is 3.11. The van der Waals surface area contributed by atoms with Crippen LogP contribution in [0.25, 0.3) is 10.8 Å². The third-order valence-corrected chi connectivity index (χ3v) is 2.46. The lowest BCUT2D eigenvalue weighted by Gasteiger charge is -2.07. The molecule has 0 amide bonds. The molecule has 0 saturated carbocycles.